The Bertz CT molecular complexity index is 1510. The van der Waals surface area contributed by atoms with E-state index < -0.39 is 0 Å². The Morgan fingerprint density at radius 1 is 0.737 bits per heavy atom. The van der Waals surface area contributed by atoms with Gasteiger partial charge in [-0.3, -0.25) is 4.79 Å². The van der Waals surface area contributed by atoms with Crippen LogP contribution in [-0.2, 0) is 6.54 Å². The van der Waals surface area contributed by atoms with Crippen LogP contribution in [0.15, 0.2) is 131 Å². The molecule has 0 radical (unpaired) electrons. The summed E-state index contributed by atoms with van der Waals surface area (Å²) in [5, 5.41) is 1.74. The maximum atomic E-state index is 13.1. The van der Waals surface area contributed by atoms with Crippen LogP contribution in [0, 0.1) is 0 Å². The highest BCUT2D eigenvalue weighted by Gasteiger charge is 2.23. The molecule has 0 N–H and O–H groups in total. The number of pyridine rings is 1. The number of nitrogens with zero attached hydrogens (tertiary/aromatic N) is 1. The molecule has 0 aliphatic carbocycles. The highest BCUT2D eigenvalue weighted by molar-refractivity contribution is 9.10. The maximum Gasteiger partial charge on any atom is 0.241 e. The summed E-state index contributed by atoms with van der Waals surface area (Å²) in [6, 6.07) is 40.7. The minimum Gasteiger partial charge on any atom is -1.00 e. The molecule has 0 saturated carbocycles. The number of halogens is 3. The molecule has 5 rings (SSSR count). The molecule has 5 aromatic rings. The zero-order valence-corrected chi connectivity index (χ0v) is 25.1. The van der Waals surface area contributed by atoms with Crippen molar-refractivity contribution in [3.63, 3.8) is 0 Å². The monoisotopic (exact) mass is 663 g/mol. The zero-order chi connectivity index (χ0) is 25.6. The Morgan fingerprint density at radius 3 is 1.97 bits per heavy atom. The second-order valence-electron chi connectivity index (χ2n) is 8.63. The van der Waals surface area contributed by atoms with Crippen molar-refractivity contribution in [1.82, 2.24) is 0 Å². The molecule has 0 amide bonds. The lowest BCUT2D eigenvalue weighted by Gasteiger charge is -2.12. The van der Waals surface area contributed by atoms with Gasteiger partial charge in [0, 0.05) is 38.3 Å². The van der Waals surface area contributed by atoms with Crippen molar-refractivity contribution in [3.05, 3.63) is 142 Å². The lowest BCUT2D eigenvalue weighted by molar-refractivity contribution is -0.714. The first-order chi connectivity index (χ1) is 18.1. The number of ketones is 1. The third-order valence-corrected chi connectivity index (χ3v) is 7.90. The quantitative estimate of drug-likeness (QED) is 0.120. The lowest BCUT2D eigenvalue weighted by atomic mass is 10.0. The summed E-state index contributed by atoms with van der Waals surface area (Å²) in [6.45, 7) is 0.658. The van der Waals surface area contributed by atoms with Crippen molar-refractivity contribution in [2.24, 2.45) is 0 Å². The van der Waals surface area contributed by atoms with Crippen molar-refractivity contribution in [1.29, 1.82) is 0 Å². The summed E-state index contributed by atoms with van der Waals surface area (Å²) < 4.78 is 3.26. The molecular weight excluding hydrogens is 642 g/mol. The van der Waals surface area contributed by atoms with Gasteiger partial charge in [0.2, 0.25) is 10.7 Å². The summed E-state index contributed by atoms with van der Waals surface area (Å²) in [5.41, 5.74) is 6.32. The smallest absolute Gasteiger partial charge is 0.241 e. The number of aromatic nitrogens is 1. The Balaban J connectivity index is 0.00000336. The SMILES string of the molecule is O=C(CSc1cc(-c2ccccc2)cc(-c2ccccc2)[n+]1Cc1ccc(Cl)cc1)c1ccc(Br)cc1.[Br-]. The summed E-state index contributed by atoms with van der Waals surface area (Å²) in [4.78, 5) is 13.1. The van der Waals surface area contributed by atoms with E-state index in [2.05, 4.69) is 93.3 Å². The largest absolute Gasteiger partial charge is 1.00 e. The molecule has 0 unspecified atom stereocenters. The van der Waals surface area contributed by atoms with E-state index in [-0.39, 0.29) is 22.8 Å². The summed E-state index contributed by atoms with van der Waals surface area (Å²) in [5.74, 6) is 0.441. The number of Topliss-reactive ketones (excluding diaryl/α,β-unsaturated/α-hetero) is 1. The molecule has 2 nitrogen and oxygen atoms in total. The zero-order valence-electron chi connectivity index (χ0n) is 20.4. The molecule has 190 valence electrons. The molecule has 4 aromatic carbocycles. The van der Waals surface area contributed by atoms with Gasteiger partial charge >= 0.3 is 0 Å². The number of hydrogen-bond acceptors (Lipinski definition) is 2. The van der Waals surface area contributed by atoms with Crippen LogP contribution in [0.3, 0.4) is 0 Å². The van der Waals surface area contributed by atoms with E-state index in [9.17, 15) is 4.79 Å². The summed E-state index contributed by atoms with van der Waals surface area (Å²) in [7, 11) is 0. The van der Waals surface area contributed by atoms with E-state index in [4.69, 9.17) is 11.6 Å². The highest BCUT2D eigenvalue weighted by atomic mass is 79.9. The maximum absolute atomic E-state index is 13.1. The van der Waals surface area contributed by atoms with Gasteiger partial charge < -0.3 is 17.0 Å². The Morgan fingerprint density at radius 2 is 1.34 bits per heavy atom. The standard InChI is InChI=1S/C32H24BrClNOS.BrH/c33-28-15-13-26(14-16-28)31(36)22-37-32-20-27(24-7-3-1-4-8-24)19-30(25-9-5-2-6-10-25)35(32)21-23-11-17-29(34)18-12-23;/h1-20H,21-22H2;1H/q+1;/p-1. The number of carbonyl (C=O) groups excluding carboxylic acids is 1. The van der Waals surface area contributed by atoms with Crippen LogP contribution < -0.4 is 21.5 Å². The topological polar surface area (TPSA) is 20.9 Å². The molecule has 0 aliphatic heterocycles. The predicted octanol–water partition coefficient (Wildman–Crippen LogP) is 5.75. The third-order valence-electron chi connectivity index (χ3n) is 6.08. The Labute approximate surface area is 251 Å². The number of benzene rings is 4. The van der Waals surface area contributed by atoms with E-state index in [0.717, 1.165) is 37.4 Å². The van der Waals surface area contributed by atoms with Gasteiger partial charge in [-0.05, 0) is 59.3 Å². The molecule has 6 heteroatoms. The van der Waals surface area contributed by atoms with Crippen molar-refractivity contribution in [3.8, 4) is 22.4 Å². The van der Waals surface area contributed by atoms with Crippen LogP contribution in [0.4, 0.5) is 0 Å². The first-order valence-electron chi connectivity index (χ1n) is 11.9. The number of hydrogen-bond donors (Lipinski definition) is 0. The van der Waals surface area contributed by atoms with E-state index in [1.54, 1.807) is 11.8 Å². The van der Waals surface area contributed by atoms with Crippen LogP contribution >= 0.6 is 39.3 Å². The number of thioether (sulfide) groups is 1. The van der Waals surface area contributed by atoms with Crippen molar-refractivity contribution >= 4 is 45.1 Å². The molecule has 0 spiro atoms. The molecule has 1 heterocycles. The predicted molar refractivity (Wildman–Crippen MR) is 157 cm³/mol. The van der Waals surface area contributed by atoms with Crippen molar-refractivity contribution in [2.75, 3.05) is 5.75 Å². The first kappa shape index (κ1) is 28.3. The van der Waals surface area contributed by atoms with Gasteiger partial charge in [-0.2, -0.15) is 4.57 Å². The van der Waals surface area contributed by atoms with Crippen LogP contribution in [0.2, 0.25) is 5.02 Å². The fourth-order valence-electron chi connectivity index (χ4n) is 4.16. The molecule has 0 bridgehead atoms. The second-order valence-corrected chi connectivity index (χ2v) is 11.0. The fourth-order valence-corrected chi connectivity index (χ4v) is 5.52. The molecule has 0 aliphatic rings. The third kappa shape index (κ3) is 7.03. The van der Waals surface area contributed by atoms with E-state index in [1.165, 1.54) is 0 Å². The van der Waals surface area contributed by atoms with Crippen LogP contribution in [0.5, 0.6) is 0 Å². The van der Waals surface area contributed by atoms with Crippen LogP contribution in [0.25, 0.3) is 22.4 Å². The van der Waals surface area contributed by atoms with Crippen LogP contribution in [0.1, 0.15) is 15.9 Å². The van der Waals surface area contributed by atoms with Gasteiger partial charge in [-0.1, -0.05) is 100 Å². The number of rotatable bonds is 8. The minimum absolute atomic E-state index is 0. The normalized spacial score (nSPS) is 10.6. The first-order valence-corrected chi connectivity index (χ1v) is 14.1. The molecule has 0 atom stereocenters. The van der Waals surface area contributed by atoms with Gasteiger partial charge in [0.25, 0.3) is 0 Å². The minimum atomic E-state index is 0. The lowest BCUT2D eigenvalue weighted by Crippen LogP contribution is -3.00. The van der Waals surface area contributed by atoms with Gasteiger partial charge in [0.05, 0.1) is 5.75 Å². The fraction of sp³-hybridized carbons (Fsp3) is 0.0625. The Hall–Kier alpha value is -2.70. The Kier molecular flexibility index (Phi) is 9.97. The van der Waals surface area contributed by atoms with Gasteiger partial charge in [-0.25, -0.2) is 0 Å². The highest BCUT2D eigenvalue weighted by Crippen LogP contribution is 2.29. The van der Waals surface area contributed by atoms with Gasteiger partial charge in [0.1, 0.15) is 0 Å². The van der Waals surface area contributed by atoms with Crippen molar-refractivity contribution in [2.45, 2.75) is 11.6 Å². The van der Waals surface area contributed by atoms with E-state index in [1.807, 2.05) is 48.5 Å². The average molecular weight is 666 g/mol. The van der Waals surface area contributed by atoms with E-state index >= 15 is 0 Å². The van der Waals surface area contributed by atoms with Crippen molar-refractivity contribution < 1.29 is 26.3 Å². The van der Waals surface area contributed by atoms with Crippen LogP contribution in [-0.4, -0.2) is 11.5 Å². The molecule has 1 aromatic heterocycles. The summed E-state index contributed by atoms with van der Waals surface area (Å²) >= 11 is 11.2. The molecule has 0 saturated heterocycles. The summed E-state index contributed by atoms with van der Waals surface area (Å²) in [6.07, 6.45) is 0. The number of carbonyl (C=O) groups is 1. The van der Waals surface area contributed by atoms with Gasteiger partial charge in [0.15, 0.2) is 12.3 Å². The van der Waals surface area contributed by atoms with Gasteiger partial charge in [-0.15, -0.1) is 0 Å². The second kappa shape index (κ2) is 13.4. The van der Waals surface area contributed by atoms with E-state index in [0.29, 0.717) is 22.9 Å². The molecule has 38 heavy (non-hydrogen) atoms. The molecule has 0 fully saturated rings. The molecular formula is C32H24Br2ClNOS. The average Bonchev–Trinajstić information content (AvgIpc) is 2.94.